The van der Waals surface area contributed by atoms with Gasteiger partial charge in [-0.15, -0.1) is 0 Å². The van der Waals surface area contributed by atoms with E-state index in [0.717, 1.165) is 18.2 Å². The summed E-state index contributed by atoms with van der Waals surface area (Å²) in [7, 11) is 0. The van der Waals surface area contributed by atoms with Gasteiger partial charge in [-0.25, -0.2) is 4.39 Å². The Hall–Kier alpha value is -4.48. The number of rotatable bonds is 7. The highest BCUT2D eigenvalue weighted by atomic mass is 19.4. The van der Waals surface area contributed by atoms with E-state index in [1.165, 1.54) is 24.5 Å². The van der Waals surface area contributed by atoms with E-state index in [9.17, 15) is 27.2 Å². The molecule has 0 saturated carbocycles. The van der Waals surface area contributed by atoms with Crippen LogP contribution in [0.15, 0.2) is 69.8 Å². The van der Waals surface area contributed by atoms with Crippen LogP contribution in [-0.4, -0.2) is 22.0 Å². The summed E-state index contributed by atoms with van der Waals surface area (Å²) in [4.78, 5) is 28.6. The molecule has 0 radical (unpaired) electrons. The molecule has 0 aliphatic rings. The smallest absolute Gasteiger partial charge is 0.418 e. The largest absolute Gasteiger partial charge is 0.461 e. The van der Waals surface area contributed by atoms with E-state index in [2.05, 4.69) is 20.8 Å². The minimum atomic E-state index is -4.82. The number of carbonyl (C=O) groups excluding carboxylic acids is 2. The highest BCUT2D eigenvalue weighted by Gasteiger charge is 2.34. The lowest BCUT2D eigenvalue weighted by molar-refractivity contribution is -0.136. The summed E-state index contributed by atoms with van der Waals surface area (Å²) in [5.41, 5.74) is -1.72. The van der Waals surface area contributed by atoms with Crippen molar-refractivity contribution >= 4 is 23.2 Å². The molecule has 0 unspecified atom stereocenters. The van der Waals surface area contributed by atoms with Gasteiger partial charge in [-0.1, -0.05) is 5.16 Å². The highest BCUT2D eigenvalue weighted by Crippen LogP contribution is 2.37. The second-order valence-electron chi connectivity index (χ2n) is 7.26. The number of hydrogen-bond acceptors (Lipinski definition) is 6. The van der Waals surface area contributed by atoms with Crippen molar-refractivity contribution in [3.63, 3.8) is 0 Å². The van der Waals surface area contributed by atoms with Crippen LogP contribution in [0.4, 0.5) is 28.9 Å². The lowest BCUT2D eigenvalue weighted by Gasteiger charge is -2.16. The van der Waals surface area contributed by atoms with Crippen LogP contribution in [0.3, 0.4) is 0 Å². The maximum Gasteiger partial charge on any atom is 0.418 e. The normalized spacial score (nSPS) is 11.3. The number of hydrogen-bond donors (Lipinski definition) is 2. The number of carbonyl (C=O) groups is 2. The first-order chi connectivity index (χ1) is 16.7. The maximum absolute atomic E-state index is 13.6. The topological polar surface area (TPSA) is 110 Å². The number of aromatic nitrogens is 2. The first-order valence-electron chi connectivity index (χ1n) is 10.1. The lowest BCUT2D eigenvalue weighted by atomic mass is 10.1. The molecule has 0 aliphatic carbocycles. The molecule has 2 amide bonds. The molecule has 0 saturated heterocycles. The van der Waals surface area contributed by atoms with Crippen molar-refractivity contribution < 1.29 is 36.1 Å². The molecule has 2 heterocycles. The number of nitrogens with one attached hydrogen (secondary N) is 2. The molecule has 0 fully saturated rings. The van der Waals surface area contributed by atoms with Gasteiger partial charge in [0.1, 0.15) is 5.82 Å². The summed E-state index contributed by atoms with van der Waals surface area (Å²) in [6, 6.07) is 10.7. The number of aryl methyl sites for hydroxylation is 1. The minimum Gasteiger partial charge on any atom is -0.461 e. The van der Waals surface area contributed by atoms with Gasteiger partial charge in [0.05, 0.1) is 17.5 Å². The van der Waals surface area contributed by atoms with Crippen molar-refractivity contribution in [2.24, 2.45) is 0 Å². The third-order valence-corrected chi connectivity index (χ3v) is 4.74. The van der Waals surface area contributed by atoms with Gasteiger partial charge in [-0.2, -0.15) is 18.2 Å². The molecule has 180 valence electrons. The van der Waals surface area contributed by atoms with Crippen molar-refractivity contribution in [3.05, 3.63) is 83.7 Å². The molecule has 2 aromatic carbocycles. The van der Waals surface area contributed by atoms with Crippen molar-refractivity contribution in [2.75, 3.05) is 10.6 Å². The van der Waals surface area contributed by atoms with E-state index in [4.69, 9.17) is 8.94 Å². The van der Waals surface area contributed by atoms with Crippen LogP contribution in [0.2, 0.25) is 0 Å². The van der Waals surface area contributed by atoms with Crippen LogP contribution in [0, 0.1) is 5.82 Å². The minimum absolute atomic E-state index is 0.00724. The van der Waals surface area contributed by atoms with E-state index in [-0.39, 0.29) is 35.8 Å². The molecule has 0 bridgehead atoms. The highest BCUT2D eigenvalue weighted by molar-refractivity contribution is 6.04. The quantitative estimate of drug-likeness (QED) is 0.341. The standard InChI is InChI=1S/C23H16F4N4O4/c24-14-5-3-13(4-6-14)22(33)28-15-7-8-17(16(12-15)23(25,26)27)29-19(32)9-10-20-30-21(31-35-20)18-2-1-11-34-18/h1-8,11-12H,9-10H2,(H,28,33)(H,29,32). The molecule has 0 aliphatic heterocycles. The molecule has 2 aromatic heterocycles. The molecule has 8 nitrogen and oxygen atoms in total. The van der Waals surface area contributed by atoms with E-state index in [1.807, 2.05) is 0 Å². The molecule has 12 heteroatoms. The van der Waals surface area contributed by atoms with Gasteiger partial charge in [0, 0.05) is 24.1 Å². The van der Waals surface area contributed by atoms with Gasteiger partial charge >= 0.3 is 6.18 Å². The Balaban J connectivity index is 1.42. The second-order valence-corrected chi connectivity index (χ2v) is 7.26. The van der Waals surface area contributed by atoms with Gasteiger partial charge in [-0.05, 0) is 54.6 Å². The maximum atomic E-state index is 13.6. The number of anilines is 2. The van der Waals surface area contributed by atoms with Crippen molar-refractivity contribution in [1.82, 2.24) is 10.1 Å². The Morgan fingerprint density at radius 3 is 2.46 bits per heavy atom. The lowest BCUT2D eigenvalue weighted by Crippen LogP contribution is -2.18. The molecule has 4 aromatic rings. The fourth-order valence-corrected chi connectivity index (χ4v) is 3.07. The number of furan rings is 1. The van der Waals surface area contributed by atoms with Gasteiger partial charge in [0.15, 0.2) is 5.76 Å². The molecule has 35 heavy (non-hydrogen) atoms. The number of halogens is 4. The van der Waals surface area contributed by atoms with Crippen LogP contribution in [0.1, 0.15) is 28.2 Å². The van der Waals surface area contributed by atoms with Crippen LogP contribution in [0.5, 0.6) is 0 Å². The van der Waals surface area contributed by atoms with E-state index >= 15 is 0 Å². The van der Waals surface area contributed by atoms with Gasteiger partial charge in [0.25, 0.3) is 5.91 Å². The Labute approximate surface area is 194 Å². The first-order valence-corrected chi connectivity index (χ1v) is 10.1. The summed E-state index contributed by atoms with van der Waals surface area (Å²) < 4.78 is 64.0. The summed E-state index contributed by atoms with van der Waals surface area (Å²) in [6.45, 7) is 0. The van der Waals surface area contributed by atoms with Crippen LogP contribution in [-0.2, 0) is 17.4 Å². The van der Waals surface area contributed by atoms with Crippen LogP contribution >= 0.6 is 0 Å². The zero-order valence-electron chi connectivity index (χ0n) is 17.7. The Morgan fingerprint density at radius 1 is 1.00 bits per heavy atom. The third-order valence-electron chi connectivity index (χ3n) is 4.74. The predicted octanol–water partition coefficient (Wildman–Crippen LogP) is 5.31. The molecule has 4 rings (SSSR count). The zero-order chi connectivity index (χ0) is 25.0. The van der Waals surface area contributed by atoms with Crippen molar-refractivity contribution in [1.29, 1.82) is 0 Å². The van der Waals surface area contributed by atoms with E-state index in [1.54, 1.807) is 12.1 Å². The average Bonchev–Trinajstić information content (AvgIpc) is 3.50. The summed E-state index contributed by atoms with van der Waals surface area (Å²) in [5, 5.41) is 8.25. The molecule has 0 spiro atoms. The summed E-state index contributed by atoms with van der Waals surface area (Å²) in [6.07, 6.45) is -3.62. The third kappa shape index (κ3) is 5.91. The fraction of sp³-hybridized carbons (Fsp3) is 0.130. The van der Waals surface area contributed by atoms with Gasteiger partial charge in [0.2, 0.25) is 17.6 Å². The van der Waals surface area contributed by atoms with Gasteiger partial charge in [-0.3, -0.25) is 9.59 Å². The Morgan fingerprint density at radius 2 is 1.77 bits per heavy atom. The number of benzene rings is 2. The SMILES string of the molecule is O=C(CCc1nc(-c2ccco2)no1)Nc1ccc(NC(=O)c2ccc(F)cc2)cc1C(F)(F)F. The van der Waals surface area contributed by atoms with Crippen LogP contribution in [0.25, 0.3) is 11.6 Å². The molecule has 2 N–H and O–H groups in total. The van der Waals surface area contributed by atoms with Crippen LogP contribution < -0.4 is 10.6 Å². The number of nitrogens with zero attached hydrogens (tertiary/aromatic N) is 2. The molecular formula is C23H16F4N4O4. The average molecular weight is 488 g/mol. The number of amides is 2. The Kier molecular flexibility index (Phi) is 6.62. The Bertz CT molecular complexity index is 1330. The van der Waals surface area contributed by atoms with Crippen molar-refractivity contribution in [3.8, 4) is 11.6 Å². The van der Waals surface area contributed by atoms with E-state index in [0.29, 0.717) is 11.8 Å². The molecule has 0 atom stereocenters. The summed E-state index contributed by atoms with van der Waals surface area (Å²) >= 11 is 0. The zero-order valence-corrected chi connectivity index (χ0v) is 17.7. The fourth-order valence-electron chi connectivity index (χ4n) is 3.07. The van der Waals surface area contributed by atoms with Gasteiger partial charge < -0.3 is 19.6 Å². The number of alkyl halides is 3. The first kappa shape index (κ1) is 23.7. The van der Waals surface area contributed by atoms with E-state index < -0.39 is 35.1 Å². The van der Waals surface area contributed by atoms with Crippen molar-refractivity contribution in [2.45, 2.75) is 19.0 Å². The molecular weight excluding hydrogens is 472 g/mol. The second kappa shape index (κ2) is 9.79. The predicted molar refractivity (Wildman–Crippen MR) is 115 cm³/mol. The summed E-state index contributed by atoms with van der Waals surface area (Å²) in [5.74, 6) is -1.33. The monoisotopic (exact) mass is 488 g/mol.